The number of rotatable bonds is 6. The summed E-state index contributed by atoms with van der Waals surface area (Å²) in [6, 6.07) is 14.3. The highest BCUT2D eigenvalue weighted by molar-refractivity contribution is 6.00. The van der Waals surface area contributed by atoms with E-state index in [1.54, 1.807) is 19.3 Å². The predicted molar refractivity (Wildman–Crippen MR) is 145 cm³/mol. The molecule has 1 unspecified atom stereocenters. The van der Waals surface area contributed by atoms with Gasteiger partial charge in [0, 0.05) is 41.9 Å². The van der Waals surface area contributed by atoms with Crippen molar-refractivity contribution in [2.24, 2.45) is 0 Å². The number of piperidine rings is 1. The van der Waals surface area contributed by atoms with Gasteiger partial charge >= 0.3 is 6.01 Å². The Morgan fingerprint density at radius 2 is 1.85 bits per heavy atom. The first-order chi connectivity index (χ1) is 18.9. The molecule has 0 aliphatic carbocycles. The fourth-order valence-corrected chi connectivity index (χ4v) is 5.09. The van der Waals surface area contributed by atoms with E-state index in [-0.39, 0.29) is 23.4 Å². The van der Waals surface area contributed by atoms with Crippen LogP contribution in [0.1, 0.15) is 60.7 Å². The van der Waals surface area contributed by atoms with Crippen molar-refractivity contribution in [3.8, 4) is 22.4 Å². The monoisotopic (exact) mass is 524 g/mol. The van der Waals surface area contributed by atoms with Crippen LogP contribution in [0.3, 0.4) is 0 Å². The summed E-state index contributed by atoms with van der Waals surface area (Å²) < 4.78 is 7.14. The van der Waals surface area contributed by atoms with Crippen LogP contribution in [-0.2, 0) is 0 Å². The zero-order valence-corrected chi connectivity index (χ0v) is 21.7. The number of hydrogen-bond donors (Lipinski definition) is 2. The lowest BCUT2D eigenvalue weighted by atomic mass is 9.89. The highest BCUT2D eigenvalue weighted by Gasteiger charge is 2.30. The van der Waals surface area contributed by atoms with Crippen molar-refractivity contribution in [3.63, 3.8) is 0 Å². The Labute approximate surface area is 224 Å². The number of fused-ring (bicyclic) bond motifs is 1. The van der Waals surface area contributed by atoms with Crippen LogP contribution in [0.15, 0.2) is 59.3 Å². The molecule has 1 fully saturated rings. The van der Waals surface area contributed by atoms with E-state index >= 15 is 0 Å². The number of anilines is 2. The number of carbonyl (C=O) groups is 1. The minimum atomic E-state index is -0.824. The van der Waals surface area contributed by atoms with Crippen molar-refractivity contribution in [3.05, 3.63) is 72.0 Å². The maximum Gasteiger partial charge on any atom is 0.318 e. The third kappa shape index (κ3) is 4.50. The molecule has 5 aromatic rings. The third-order valence-corrected chi connectivity index (χ3v) is 7.15. The number of nitrogens with two attached hydrogens (primary N) is 1. The van der Waals surface area contributed by atoms with Crippen LogP contribution >= 0.6 is 0 Å². The number of nitrogens with zero attached hydrogens (tertiary/aromatic N) is 7. The summed E-state index contributed by atoms with van der Waals surface area (Å²) in [6.45, 7) is 4.35. The Morgan fingerprint density at radius 1 is 1.08 bits per heavy atom. The summed E-state index contributed by atoms with van der Waals surface area (Å²) in [7, 11) is 0. The Hall–Kier alpha value is -4.64. The van der Waals surface area contributed by atoms with E-state index in [1.807, 2.05) is 47.4 Å². The normalized spacial score (nSPS) is 15.1. The highest BCUT2D eigenvalue weighted by Crippen LogP contribution is 2.36. The largest absolute Gasteiger partial charge is 0.405 e. The van der Waals surface area contributed by atoms with Gasteiger partial charge in [0.25, 0.3) is 0 Å². The summed E-state index contributed by atoms with van der Waals surface area (Å²) >= 11 is 0. The van der Waals surface area contributed by atoms with Crippen LogP contribution in [0.2, 0.25) is 0 Å². The van der Waals surface area contributed by atoms with E-state index in [1.165, 1.54) is 11.4 Å². The van der Waals surface area contributed by atoms with Crippen molar-refractivity contribution >= 4 is 23.3 Å². The predicted octanol–water partition coefficient (Wildman–Crippen LogP) is 4.06. The molecule has 4 aromatic heterocycles. The van der Waals surface area contributed by atoms with Crippen molar-refractivity contribution in [2.75, 3.05) is 23.7 Å². The molecule has 1 aromatic carbocycles. The average Bonchev–Trinajstić information content (AvgIpc) is 3.62. The molecule has 6 rings (SSSR count). The topological polar surface area (TPSA) is 149 Å². The summed E-state index contributed by atoms with van der Waals surface area (Å²) in [5, 5.41) is 22.1. The molecule has 0 amide bonds. The maximum atomic E-state index is 12.7. The molecule has 3 N–H and O–H groups in total. The Bertz CT molecular complexity index is 1640. The molecule has 11 nitrogen and oxygen atoms in total. The van der Waals surface area contributed by atoms with E-state index < -0.39 is 6.10 Å². The minimum absolute atomic E-state index is 0.00735. The van der Waals surface area contributed by atoms with Gasteiger partial charge in [-0.15, -0.1) is 5.10 Å². The molecule has 198 valence electrons. The van der Waals surface area contributed by atoms with Gasteiger partial charge in [0.05, 0.1) is 23.1 Å². The molecular formula is C28H28N8O3. The molecule has 39 heavy (non-hydrogen) atoms. The van der Waals surface area contributed by atoms with Gasteiger partial charge in [-0.1, -0.05) is 41.5 Å². The lowest BCUT2D eigenvalue weighted by molar-refractivity contribution is 0.101. The summed E-state index contributed by atoms with van der Waals surface area (Å²) in [4.78, 5) is 24.4. The molecule has 0 spiro atoms. The smallest absolute Gasteiger partial charge is 0.318 e. The van der Waals surface area contributed by atoms with Gasteiger partial charge in [-0.05, 0) is 32.8 Å². The van der Waals surface area contributed by atoms with E-state index in [2.05, 4.69) is 20.3 Å². The molecule has 1 atom stereocenters. The molecule has 11 heteroatoms. The minimum Gasteiger partial charge on any atom is -0.405 e. The number of carbonyl (C=O) groups excluding carboxylic acids is 1. The molecule has 1 saturated heterocycles. The van der Waals surface area contributed by atoms with Gasteiger partial charge < -0.3 is 20.2 Å². The van der Waals surface area contributed by atoms with E-state index in [0.29, 0.717) is 48.9 Å². The van der Waals surface area contributed by atoms with Gasteiger partial charge in [-0.3, -0.25) is 9.78 Å². The van der Waals surface area contributed by atoms with Crippen molar-refractivity contribution in [1.29, 1.82) is 0 Å². The van der Waals surface area contributed by atoms with Gasteiger partial charge in [-0.2, -0.15) is 9.61 Å². The third-order valence-electron chi connectivity index (χ3n) is 7.15. The highest BCUT2D eigenvalue weighted by atomic mass is 16.4. The molecule has 5 heterocycles. The number of pyridine rings is 1. The quantitative estimate of drug-likeness (QED) is 0.311. The van der Waals surface area contributed by atoms with Gasteiger partial charge in [0.2, 0.25) is 5.89 Å². The Kier molecular flexibility index (Phi) is 6.27. The van der Waals surface area contributed by atoms with Crippen LogP contribution < -0.4 is 10.6 Å². The first-order valence-corrected chi connectivity index (χ1v) is 12.9. The number of nitrogen functional groups attached to an aromatic ring is 1. The summed E-state index contributed by atoms with van der Waals surface area (Å²) in [5.41, 5.74) is 11.8. The first kappa shape index (κ1) is 24.7. The van der Waals surface area contributed by atoms with Crippen LogP contribution in [0.25, 0.3) is 28.0 Å². The summed E-state index contributed by atoms with van der Waals surface area (Å²) in [6.07, 6.45) is 4.12. The Morgan fingerprint density at radius 3 is 2.49 bits per heavy atom. The second-order valence-corrected chi connectivity index (χ2v) is 9.77. The lowest BCUT2D eigenvalue weighted by Gasteiger charge is -2.31. The van der Waals surface area contributed by atoms with E-state index in [0.717, 1.165) is 22.4 Å². The first-order valence-electron chi connectivity index (χ1n) is 12.9. The number of aliphatic hydroxyl groups excluding tert-OH is 1. The van der Waals surface area contributed by atoms with Crippen LogP contribution in [0.4, 0.5) is 11.8 Å². The number of Topliss-reactive ketones (excluding diaryl/α,β-unsaturated/α-hetero) is 1. The second-order valence-electron chi connectivity index (χ2n) is 9.77. The standard InChI is InChI=1S/C28H28N8O3/c1-16(37)23-24(19-10-12-35(13-11-19)28-34-33-27(39-28)17(2)38)32-26-21(15-31-36(26)25(23)29)20-8-9-22(30-14-20)18-6-4-3-5-7-18/h3-9,14-15,17,19,38H,10-13,29H2,1-2H3. The molecular weight excluding hydrogens is 496 g/mol. The van der Waals surface area contributed by atoms with Crippen molar-refractivity contribution < 1.29 is 14.3 Å². The SMILES string of the molecule is CC(=O)c1c(C2CCN(c3nnc(C(C)O)o3)CC2)nc2c(-c3ccc(-c4ccccc4)nc3)cnn2c1N. The fraction of sp³-hybridized carbons (Fsp3) is 0.286. The zero-order chi connectivity index (χ0) is 27.1. The van der Waals surface area contributed by atoms with Gasteiger partial charge in [0.1, 0.15) is 11.9 Å². The number of ketones is 1. The molecule has 1 aliphatic rings. The molecule has 1 aliphatic heterocycles. The lowest BCUT2D eigenvalue weighted by Crippen LogP contribution is -2.34. The van der Waals surface area contributed by atoms with E-state index in [9.17, 15) is 9.90 Å². The zero-order valence-electron chi connectivity index (χ0n) is 21.7. The molecule has 0 bridgehead atoms. The molecule has 0 radical (unpaired) electrons. The Balaban J connectivity index is 1.32. The number of aromatic nitrogens is 6. The maximum absolute atomic E-state index is 12.7. The van der Waals surface area contributed by atoms with Crippen molar-refractivity contribution in [2.45, 2.75) is 38.7 Å². The van der Waals surface area contributed by atoms with Crippen LogP contribution in [0, 0.1) is 0 Å². The van der Waals surface area contributed by atoms with Gasteiger partial charge in [-0.25, -0.2) is 4.98 Å². The van der Waals surface area contributed by atoms with Gasteiger partial charge in [0.15, 0.2) is 11.4 Å². The van der Waals surface area contributed by atoms with Crippen LogP contribution in [0.5, 0.6) is 0 Å². The average molecular weight is 525 g/mol. The van der Waals surface area contributed by atoms with Crippen molar-refractivity contribution in [1.82, 2.24) is 29.8 Å². The second kappa shape index (κ2) is 9.91. The number of aliphatic hydroxyl groups is 1. The number of benzene rings is 1. The van der Waals surface area contributed by atoms with E-state index in [4.69, 9.17) is 15.1 Å². The fourth-order valence-electron chi connectivity index (χ4n) is 5.09. The molecule has 0 saturated carbocycles. The van der Waals surface area contributed by atoms with Crippen LogP contribution in [-0.4, -0.2) is 53.8 Å². The summed E-state index contributed by atoms with van der Waals surface area (Å²) in [5.74, 6) is 0.325. The number of hydrogen-bond acceptors (Lipinski definition) is 10.